The summed E-state index contributed by atoms with van der Waals surface area (Å²) < 4.78 is 1.94. The molecule has 0 spiro atoms. The van der Waals surface area contributed by atoms with Crippen LogP contribution in [0.2, 0.25) is 0 Å². The summed E-state index contributed by atoms with van der Waals surface area (Å²) in [6.45, 7) is 9.55. The molecule has 0 aliphatic heterocycles. The molecule has 0 aliphatic carbocycles. The second-order valence-electron chi connectivity index (χ2n) is 4.97. The normalized spacial score (nSPS) is 10.9. The maximum atomic E-state index is 4.28. The number of hydrogen-bond donors (Lipinski definition) is 0. The molecule has 3 nitrogen and oxygen atoms in total. The van der Waals surface area contributed by atoms with Gasteiger partial charge in [0.15, 0.2) is 0 Å². The van der Waals surface area contributed by atoms with Crippen molar-refractivity contribution in [2.24, 2.45) is 0 Å². The van der Waals surface area contributed by atoms with Crippen LogP contribution < -0.4 is 0 Å². The van der Waals surface area contributed by atoms with Gasteiger partial charge in [-0.1, -0.05) is 24.6 Å². The van der Waals surface area contributed by atoms with Gasteiger partial charge in [-0.3, -0.25) is 4.68 Å². The van der Waals surface area contributed by atoms with Crippen LogP contribution in [-0.4, -0.2) is 15.0 Å². The first-order valence-electron chi connectivity index (χ1n) is 6.60. The van der Waals surface area contributed by atoms with Crippen LogP contribution in [0.25, 0.3) is 11.3 Å². The van der Waals surface area contributed by atoms with E-state index in [-0.39, 0.29) is 0 Å². The predicted octanol–water partition coefficient (Wildman–Crippen LogP) is 3.67. The number of nitrogens with zero attached hydrogens (tertiary/aromatic N) is 3. The smallest absolute Gasteiger partial charge is 0.113 e. The first-order chi connectivity index (χ1) is 8.61. The number of aryl methyl sites for hydroxylation is 4. The lowest BCUT2D eigenvalue weighted by Gasteiger charge is -2.06. The maximum absolute atomic E-state index is 4.28. The zero-order valence-corrected chi connectivity index (χ0v) is 11.7. The molecule has 1 aromatic heterocycles. The molecule has 0 bridgehead atoms. The fourth-order valence-corrected chi connectivity index (χ4v) is 2.09. The van der Waals surface area contributed by atoms with Crippen molar-refractivity contribution < 1.29 is 0 Å². The zero-order chi connectivity index (χ0) is 13.1. The van der Waals surface area contributed by atoms with E-state index < -0.39 is 0 Å². The Labute approximate surface area is 109 Å². The Balaban J connectivity index is 2.31. The van der Waals surface area contributed by atoms with Crippen molar-refractivity contribution in [1.82, 2.24) is 15.0 Å². The van der Waals surface area contributed by atoms with Gasteiger partial charge in [-0.15, -0.1) is 5.10 Å². The molecule has 18 heavy (non-hydrogen) atoms. The van der Waals surface area contributed by atoms with Gasteiger partial charge in [-0.25, -0.2) is 0 Å². The standard InChI is InChI=1S/C15H21N3/c1-5-6-7-18-10-15(16-17-18)14-9-12(3)11(2)8-13(14)4/h8-10H,5-7H2,1-4H3. The molecule has 1 heterocycles. The summed E-state index contributed by atoms with van der Waals surface area (Å²) in [5.41, 5.74) is 6.07. The minimum Gasteiger partial charge on any atom is -0.252 e. The van der Waals surface area contributed by atoms with Crippen molar-refractivity contribution in [2.75, 3.05) is 0 Å². The van der Waals surface area contributed by atoms with Gasteiger partial charge in [0, 0.05) is 12.1 Å². The molecular weight excluding hydrogens is 222 g/mol. The highest BCUT2D eigenvalue weighted by Crippen LogP contribution is 2.24. The summed E-state index contributed by atoms with van der Waals surface area (Å²) in [7, 11) is 0. The van der Waals surface area contributed by atoms with Crippen molar-refractivity contribution in [3.63, 3.8) is 0 Å². The van der Waals surface area contributed by atoms with Gasteiger partial charge in [0.25, 0.3) is 0 Å². The third kappa shape index (κ3) is 2.61. The molecule has 2 rings (SSSR count). The van der Waals surface area contributed by atoms with Gasteiger partial charge < -0.3 is 0 Å². The van der Waals surface area contributed by atoms with E-state index in [4.69, 9.17) is 0 Å². The van der Waals surface area contributed by atoms with E-state index >= 15 is 0 Å². The summed E-state index contributed by atoms with van der Waals surface area (Å²) in [5.74, 6) is 0. The van der Waals surface area contributed by atoms with Gasteiger partial charge in [-0.05, 0) is 49.9 Å². The summed E-state index contributed by atoms with van der Waals surface area (Å²) in [5, 5.41) is 8.47. The van der Waals surface area contributed by atoms with Crippen LogP contribution in [-0.2, 0) is 6.54 Å². The van der Waals surface area contributed by atoms with Crippen LogP contribution in [0.3, 0.4) is 0 Å². The Kier molecular flexibility index (Phi) is 3.80. The van der Waals surface area contributed by atoms with Crippen LogP contribution >= 0.6 is 0 Å². The SMILES string of the molecule is CCCCn1cc(-c2cc(C)c(C)cc2C)nn1. The van der Waals surface area contributed by atoms with E-state index in [1.54, 1.807) is 0 Å². The molecular formula is C15H21N3. The number of aromatic nitrogens is 3. The fraction of sp³-hybridized carbons (Fsp3) is 0.467. The zero-order valence-electron chi connectivity index (χ0n) is 11.7. The highest BCUT2D eigenvalue weighted by molar-refractivity contribution is 5.64. The second kappa shape index (κ2) is 5.34. The lowest BCUT2D eigenvalue weighted by Crippen LogP contribution is -1.97. The predicted molar refractivity (Wildman–Crippen MR) is 74.6 cm³/mol. The Bertz CT molecular complexity index is 541. The lowest BCUT2D eigenvalue weighted by atomic mass is 9.99. The van der Waals surface area contributed by atoms with E-state index in [2.05, 4.69) is 50.1 Å². The van der Waals surface area contributed by atoms with E-state index in [0.717, 1.165) is 18.7 Å². The van der Waals surface area contributed by atoms with Crippen LogP contribution in [0.4, 0.5) is 0 Å². The number of hydrogen-bond acceptors (Lipinski definition) is 2. The number of unbranched alkanes of at least 4 members (excludes halogenated alkanes) is 1. The van der Waals surface area contributed by atoms with Gasteiger partial charge in [-0.2, -0.15) is 0 Å². The summed E-state index contributed by atoms with van der Waals surface area (Å²) in [4.78, 5) is 0. The highest BCUT2D eigenvalue weighted by Gasteiger charge is 2.08. The molecule has 0 N–H and O–H groups in total. The van der Waals surface area contributed by atoms with E-state index in [0.29, 0.717) is 0 Å². The topological polar surface area (TPSA) is 30.7 Å². The Hall–Kier alpha value is -1.64. The van der Waals surface area contributed by atoms with Crippen molar-refractivity contribution in [2.45, 2.75) is 47.1 Å². The molecule has 0 unspecified atom stereocenters. The molecule has 0 saturated heterocycles. The van der Waals surface area contributed by atoms with E-state index in [1.807, 2.05) is 10.9 Å². The van der Waals surface area contributed by atoms with Gasteiger partial charge in [0.2, 0.25) is 0 Å². The van der Waals surface area contributed by atoms with Gasteiger partial charge in [0.1, 0.15) is 5.69 Å². The molecule has 96 valence electrons. The summed E-state index contributed by atoms with van der Waals surface area (Å²) in [6.07, 6.45) is 4.37. The van der Waals surface area contributed by atoms with Crippen LogP contribution in [0.1, 0.15) is 36.5 Å². The Morgan fingerprint density at radius 2 is 1.78 bits per heavy atom. The minimum atomic E-state index is 0.952. The van der Waals surface area contributed by atoms with Gasteiger partial charge >= 0.3 is 0 Å². The van der Waals surface area contributed by atoms with E-state index in [9.17, 15) is 0 Å². The molecule has 0 atom stereocenters. The highest BCUT2D eigenvalue weighted by atomic mass is 15.4. The van der Waals surface area contributed by atoms with Crippen LogP contribution in [0, 0.1) is 20.8 Å². The average Bonchev–Trinajstić information content (AvgIpc) is 2.79. The largest absolute Gasteiger partial charge is 0.252 e. The van der Waals surface area contributed by atoms with Crippen molar-refractivity contribution >= 4 is 0 Å². The Morgan fingerprint density at radius 3 is 2.50 bits per heavy atom. The number of rotatable bonds is 4. The maximum Gasteiger partial charge on any atom is 0.113 e. The monoisotopic (exact) mass is 243 g/mol. The lowest BCUT2D eigenvalue weighted by molar-refractivity contribution is 0.553. The van der Waals surface area contributed by atoms with Crippen molar-refractivity contribution in [3.05, 3.63) is 35.0 Å². The molecule has 0 aliphatic rings. The Morgan fingerprint density at radius 1 is 1.06 bits per heavy atom. The van der Waals surface area contributed by atoms with Crippen molar-refractivity contribution in [1.29, 1.82) is 0 Å². The molecule has 0 radical (unpaired) electrons. The molecule has 3 heteroatoms. The molecule has 2 aromatic rings. The van der Waals surface area contributed by atoms with Crippen LogP contribution in [0.15, 0.2) is 18.3 Å². The molecule has 0 saturated carbocycles. The first-order valence-corrected chi connectivity index (χ1v) is 6.60. The first kappa shape index (κ1) is 12.8. The molecule has 0 amide bonds. The molecule has 1 aromatic carbocycles. The fourth-order valence-electron chi connectivity index (χ4n) is 2.09. The van der Waals surface area contributed by atoms with Crippen LogP contribution in [0.5, 0.6) is 0 Å². The average molecular weight is 243 g/mol. The third-order valence-corrected chi connectivity index (χ3v) is 3.40. The summed E-state index contributed by atoms with van der Waals surface area (Å²) >= 11 is 0. The van der Waals surface area contributed by atoms with Crippen molar-refractivity contribution in [3.8, 4) is 11.3 Å². The van der Waals surface area contributed by atoms with Gasteiger partial charge in [0.05, 0.1) is 6.20 Å². The molecule has 0 fully saturated rings. The number of benzene rings is 1. The second-order valence-corrected chi connectivity index (χ2v) is 4.97. The minimum absolute atomic E-state index is 0.952. The van der Waals surface area contributed by atoms with E-state index in [1.165, 1.54) is 28.7 Å². The third-order valence-electron chi connectivity index (χ3n) is 3.40. The summed E-state index contributed by atoms with van der Waals surface area (Å²) in [6, 6.07) is 4.43. The quantitative estimate of drug-likeness (QED) is 0.820.